The van der Waals surface area contributed by atoms with E-state index in [-0.39, 0.29) is 11.8 Å². The fraction of sp³-hybridized carbons (Fsp3) is 0.381. The van der Waals surface area contributed by atoms with Crippen LogP contribution in [0.5, 0.6) is 5.75 Å². The van der Waals surface area contributed by atoms with Gasteiger partial charge in [-0.1, -0.05) is 0 Å². The quantitative estimate of drug-likeness (QED) is 0.654. The van der Waals surface area contributed by atoms with Gasteiger partial charge in [0.05, 0.1) is 37.3 Å². The molecular weight excluding hydrogens is 396 g/mol. The van der Waals surface area contributed by atoms with Crippen molar-refractivity contribution in [3.8, 4) is 23.1 Å². The number of carbonyl (C=O) groups is 1. The lowest BCUT2D eigenvalue weighted by Gasteiger charge is -2.38. The molecule has 3 aromatic heterocycles. The summed E-state index contributed by atoms with van der Waals surface area (Å²) in [6.07, 6.45) is 6.80. The summed E-state index contributed by atoms with van der Waals surface area (Å²) in [6.45, 7) is 4.46. The van der Waals surface area contributed by atoms with Crippen molar-refractivity contribution in [2.45, 2.75) is 0 Å². The van der Waals surface area contributed by atoms with E-state index in [0.717, 1.165) is 37.6 Å². The molecular formula is C21H22N8O2. The minimum atomic E-state index is 0.138. The highest BCUT2D eigenvalue weighted by Gasteiger charge is 2.31. The summed E-state index contributed by atoms with van der Waals surface area (Å²) in [7, 11) is 1.56. The molecule has 2 aliphatic heterocycles. The van der Waals surface area contributed by atoms with Crippen LogP contribution in [0.2, 0.25) is 0 Å². The second-order valence-corrected chi connectivity index (χ2v) is 7.69. The maximum Gasteiger partial charge on any atom is 0.228 e. The van der Waals surface area contributed by atoms with E-state index in [1.807, 2.05) is 17.2 Å². The van der Waals surface area contributed by atoms with E-state index in [1.165, 1.54) is 6.20 Å². The molecule has 10 nitrogen and oxygen atoms in total. The van der Waals surface area contributed by atoms with Crippen LogP contribution in [0, 0.1) is 17.2 Å². The molecule has 2 saturated heterocycles. The van der Waals surface area contributed by atoms with Crippen molar-refractivity contribution in [2.24, 2.45) is 5.92 Å². The van der Waals surface area contributed by atoms with Crippen molar-refractivity contribution in [3.63, 3.8) is 0 Å². The van der Waals surface area contributed by atoms with Crippen molar-refractivity contribution in [2.75, 3.05) is 51.3 Å². The summed E-state index contributed by atoms with van der Waals surface area (Å²) in [5.74, 6) is 1.74. The molecule has 2 aliphatic rings. The Labute approximate surface area is 179 Å². The Morgan fingerprint density at radius 1 is 1.19 bits per heavy atom. The first-order valence-electron chi connectivity index (χ1n) is 10.2. The maximum atomic E-state index is 12.4. The Balaban J connectivity index is 1.31. The summed E-state index contributed by atoms with van der Waals surface area (Å²) in [6, 6.07) is 3.96. The molecule has 3 aromatic rings. The van der Waals surface area contributed by atoms with E-state index < -0.39 is 0 Å². The van der Waals surface area contributed by atoms with Crippen LogP contribution in [0.1, 0.15) is 5.56 Å². The molecule has 0 radical (unpaired) electrons. The predicted molar refractivity (Wildman–Crippen MR) is 113 cm³/mol. The van der Waals surface area contributed by atoms with Crippen LogP contribution >= 0.6 is 0 Å². The van der Waals surface area contributed by atoms with E-state index in [2.05, 4.69) is 31.4 Å². The number of nitriles is 1. The van der Waals surface area contributed by atoms with Gasteiger partial charge in [-0.3, -0.25) is 9.78 Å². The molecule has 1 N–H and O–H groups in total. The fourth-order valence-electron chi connectivity index (χ4n) is 3.97. The second kappa shape index (κ2) is 7.85. The molecule has 10 heteroatoms. The van der Waals surface area contributed by atoms with Crippen LogP contribution in [0.3, 0.4) is 0 Å². The van der Waals surface area contributed by atoms with E-state index in [1.54, 1.807) is 24.0 Å². The standard InChI is InChI=1S/C21H22N8O2/c1-31-18-6-14(13-29-20(18)15(7-22)10-26-29)17-11-25-19(12-24-17)27-2-4-28(5-3-27)21(30)16-8-23-9-16/h6,10-13,16,23H,2-5,8-9H2,1H3. The zero-order chi connectivity index (χ0) is 21.4. The highest BCUT2D eigenvalue weighted by molar-refractivity contribution is 5.80. The number of nitrogens with one attached hydrogen (secondary N) is 1. The Bertz CT molecular complexity index is 1150. The van der Waals surface area contributed by atoms with Crippen LogP contribution in [0.4, 0.5) is 5.82 Å². The Hall–Kier alpha value is -3.71. The third-order valence-electron chi connectivity index (χ3n) is 5.90. The first-order valence-corrected chi connectivity index (χ1v) is 10.2. The number of anilines is 1. The average Bonchev–Trinajstić information content (AvgIpc) is 3.21. The number of piperazine rings is 1. The molecule has 0 bridgehead atoms. The molecule has 0 unspecified atom stereocenters. The van der Waals surface area contributed by atoms with Gasteiger partial charge in [-0.25, -0.2) is 9.50 Å². The molecule has 158 valence electrons. The van der Waals surface area contributed by atoms with Gasteiger partial charge in [-0.15, -0.1) is 0 Å². The van der Waals surface area contributed by atoms with Crippen molar-refractivity contribution in [1.82, 2.24) is 29.8 Å². The van der Waals surface area contributed by atoms with Gasteiger partial charge in [0, 0.05) is 51.0 Å². The average molecular weight is 418 g/mol. The minimum absolute atomic E-state index is 0.138. The van der Waals surface area contributed by atoms with Crippen LogP contribution in [0.15, 0.2) is 30.9 Å². The van der Waals surface area contributed by atoms with Gasteiger partial charge in [0.25, 0.3) is 0 Å². The fourth-order valence-corrected chi connectivity index (χ4v) is 3.97. The number of rotatable bonds is 4. The Morgan fingerprint density at radius 3 is 2.61 bits per heavy atom. The van der Waals surface area contributed by atoms with Gasteiger partial charge < -0.3 is 19.9 Å². The van der Waals surface area contributed by atoms with E-state index in [4.69, 9.17) is 4.74 Å². The summed E-state index contributed by atoms with van der Waals surface area (Å²) >= 11 is 0. The summed E-state index contributed by atoms with van der Waals surface area (Å²) in [4.78, 5) is 25.7. The monoisotopic (exact) mass is 418 g/mol. The van der Waals surface area contributed by atoms with Crippen LogP contribution < -0.4 is 15.0 Å². The van der Waals surface area contributed by atoms with Crippen LogP contribution in [0.25, 0.3) is 16.8 Å². The molecule has 2 fully saturated rings. The molecule has 5 rings (SSSR count). The number of hydrogen-bond donors (Lipinski definition) is 1. The molecule has 0 spiro atoms. The number of hydrogen-bond acceptors (Lipinski definition) is 8. The first kappa shape index (κ1) is 19.3. The second-order valence-electron chi connectivity index (χ2n) is 7.69. The molecule has 0 saturated carbocycles. The zero-order valence-electron chi connectivity index (χ0n) is 17.2. The highest BCUT2D eigenvalue weighted by Crippen LogP contribution is 2.29. The smallest absolute Gasteiger partial charge is 0.228 e. The lowest BCUT2D eigenvalue weighted by molar-refractivity contribution is -0.137. The third kappa shape index (κ3) is 3.43. The molecule has 0 atom stereocenters. The Morgan fingerprint density at radius 2 is 2.00 bits per heavy atom. The minimum Gasteiger partial charge on any atom is -0.494 e. The molecule has 0 aromatic carbocycles. The normalized spacial score (nSPS) is 16.8. The summed E-state index contributed by atoms with van der Waals surface area (Å²) in [5, 5.41) is 16.7. The molecule has 0 aliphatic carbocycles. The number of nitrogens with zero attached hydrogens (tertiary/aromatic N) is 7. The number of methoxy groups -OCH3 is 1. The van der Waals surface area contributed by atoms with Crippen molar-refractivity contribution >= 4 is 17.2 Å². The zero-order valence-corrected chi connectivity index (χ0v) is 17.2. The maximum absolute atomic E-state index is 12.4. The third-order valence-corrected chi connectivity index (χ3v) is 5.90. The van der Waals surface area contributed by atoms with E-state index in [0.29, 0.717) is 35.6 Å². The summed E-state index contributed by atoms with van der Waals surface area (Å²) < 4.78 is 7.08. The molecule has 5 heterocycles. The van der Waals surface area contributed by atoms with E-state index in [9.17, 15) is 10.1 Å². The number of fused-ring (bicyclic) bond motifs is 1. The van der Waals surface area contributed by atoms with Gasteiger partial charge in [-0.2, -0.15) is 10.4 Å². The van der Waals surface area contributed by atoms with Gasteiger partial charge in [0.15, 0.2) is 0 Å². The largest absolute Gasteiger partial charge is 0.494 e. The lowest BCUT2D eigenvalue weighted by atomic mass is 10.0. The number of aromatic nitrogens is 4. The van der Waals surface area contributed by atoms with E-state index >= 15 is 0 Å². The van der Waals surface area contributed by atoms with Gasteiger partial charge in [0.1, 0.15) is 28.7 Å². The van der Waals surface area contributed by atoms with Crippen molar-refractivity contribution < 1.29 is 9.53 Å². The first-order chi connectivity index (χ1) is 15.2. The van der Waals surface area contributed by atoms with Crippen LogP contribution in [-0.4, -0.2) is 76.8 Å². The van der Waals surface area contributed by atoms with Gasteiger partial charge in [0.2, 0.25) is 5.91 Å². The summed E-state index contributed by atoms with van der Waals surface area (Å²) in [5.41, 5.74) is 2.56. The lowest BCUT2D eigenvalue weighted by Crippen LogP contribution is -2.56. The van der Waals surface area contributed by atoms with Crippen molar-refractivity contribution in [1.29, 1.82) is 5.26 Å². The van der Waals surface area contributed by atoms with Gasteiger partial charge >= 0.3 is 0 Å². The topological polar surface area (TPSA) is 112 Å². The number of ether oxygens (including phenoxy) is 1. The Kier molecular flexibility index (Phi) is 4.88. The SMILES string of the molecule is COc1cc(-c2cnc(N3CCN(C(=O)C4CNC4)CC3)cn2)cn2ncc(C#N)c12. The molecule has 1 amide bonds. The number of amides is 1. The highest BCUT2D eigenvalue weighted by atomic mass is 16.5. The number of pyridine rings is 1. The van der Waals surface area contributed by atoms with Gasteiger partial charge in [-0.05, 0) is 6.07 Å². The predicted octanol–water partition coefficient (Wildman–Crippen LogP) is 0.540. The van der Waals surface area contributed by atoms with Crippen molar-refractivity contribution in [3.05, 3.63) is 36.4 Å². The molecule has 31 heavy (non-hydrogen) atoms. The van der Waals surface area contributed by atoms with Crippen LogP contribution in [-0.2, 0) is 4.79 Å². The number of carbonyl (C=O) groups excluding carboxylic acids is 1.